The summed E-state index contributed by atoms with van der Waals surface area (Å²) in [5.74, 6) is -0.904. The largest absolute Gasteiger partial charge is 0.481 e. The second kappa shape index (κ2) is 5.80. The molecule has 0 saturated carbocycles. The van der Waals surface area contributed by atoms with E-state index in [1.807, 2.05) is 12.1 Å². The van der Waals surface area contributed by atoms with E-state index in [0.29, 0.717) is 11.3 Å². The third kappa shape index (κ3) is 5.13. The molecular weight excluding hydrogens is 286 g/mol. The van der Waals surface area contributed by atoms with E-state index in [9.17, 15) is 4.79 Å². The molecule has 0 saturated heterocycles. The molecule has 7 nitrogen and oxygen atoms in total. The van der Waals surface area contributed by atoms with Gasteiger partial charge in [0, 0.05) is 16.1 Å². The molecule has 0 fully saturated rings. The van der Waals surface area contributed by atoms with Crippen molar-refractivity contribution in [1.29, 1.82) is 0 Å². The Morgan fingerprint density at radius 1 is 1.39 bits per heavy atom. The number of hydrogen-bond acceptors (Lipinski definition) is 5. The first-order chi connectivity index (χ1) is 8.27. The number of carbonyl (C=O) groups is 1. The minimum Gasteiger partial charge on any atom is -0.481 e. The fraction of sp³-hybridized carbons (Fsp3) is 0.111. The molecule has 0 aliphatic carbocycles. The van der Waals surface area contributed by atoms with Crippen LogP contribution in [0.5, 0.6) is 0 Å². The van der Waals surface area contributed by atoms with Crippen molar-refractivity contribution in [2.24, 2.45) is 0 Å². The zero-order valence-electron chi connectivity index (χ0n) is 8.78. The lowest BCUT2D eigenvalue weighted by Gasteiger charge is -1.88. The van der Waals surface area contributed by atoms with Crippen molar-refractivity contribution in [2.75, 3.05) is 0 Å². The van der Waals surface area contributed by atoms with Crippen LogP contribution in [0.4, 0.5) is 0 Å². The maximum absolute atomic E-state index is 10.4. The predicted molar refractivity (Wildman–Crippen MR) is 62.8 cm³/mol. The van der Waals surface area contributed by atoms with Gasteiger partial charge in [-0.25, -0.2) is 0 Å². The molecule has 0 radical (unpaired) electrons. The number of carboxylic acid groups (broad SMARTS) is 1. The van der Waals surface area contributed by atoms with Crippen LogP contribution in [0.1, 0.15) is 5.69 Å². The molecule has 2 N–H and O–H groups in total. The van der Waals surface area contributed by atoms with Crippen LogP contribution in [-0.4, -0.2) is 29.2 Å². The SMILES string of the molecule is O=C(O)Cc1noc2ccccc12.O=S(=O)(O)Cl. The molecular formula is C9H8ClNO6S. The van der Waals surface area contributed by atoms with E-state index in [-0.39, 0.29) is 6.42 Å². The Balaban J connectivity index is 0.000000280. The second-order valence-electron chi connectivity index (χ2n) is 3.11. The van der Waals surface area contributed by atoms with Crippen LogP contribution in [0, 0.1) is 0 Å². The number of halogens is 1. The quantitative estimate of drug-likeness (QED) is 0.636. The summed E-state index contributed by atoms with van der Waals surface area (Å²) in [6.45, 7) is 0. The first-order valence-corrected chi connectivity index (χ1v) is 6.76. The first kappa shape index (κ1) is 14.4. The number of para-hydroxylation sites is 1. The number of hydrogen-bond donors (Lipinski definition) is 2. The molecule has 18 heavy (non-hydrogen) atoms. The Labute approximate surface area is 106 Å². The Kier molecular flexibility index (Phi) is 4.65. The monoisotopic (exact) mass is 293 g/mol. The summed E-state index contributed by atoms with van der Waals surface area (Å²) in [4.78, 5) is 10.4. The Morgan fingerprint density at radius 3 is 2.50 bits per heavy atom. The highest BCUT2D eigenvalue weighted by Crippen LogP contribution is 2.17. The average molecular weight is 294 g/mol. The fourth-order valence-electron chi connectivity index (χ4n) is 1.21. The third-order valence-corrected chi connectivity index (χ3v) is 1.77. The van der Waals surface area contributed by atoms with Gasteiger partial charge < -0.3 is 9.63 Å². The maximum atomic E-state index is 10.4. The van der Waals surface area contributed by atoms with E-state index in [1.165, 1.54) is 0 Å². The summed E-state index contributed by atoms with van der Waals surface area (Å²) in [5, 5.41) is 13.0. The van der Waals surface area contributed by atoms with Crippen molar-refractivity contribution >= 4 is 37.0 Å². The highest BCUT2D eigenvalue weighted by Gasteiger charge is 2.09. The predicted octanol–water partition coefficient (Wildman–Crippen LogP) is 1.48. The lowest BCUT2D eigenvalue weighted by molar-refractivity contribution is -0.136. The van der Waals surface area contributed by atoms with Crippen molar-refractivity contribution < 1.29 is 27.4 Å². The van der Waals surface area contributed by atoms with Crippen LogP contribution >= 0.6 is 10.7 Å². The fourth-order valence-corrected chi connectivity index (χ4v) is 1.21. The Hall–Kier alpha value is -1.64. The second-order valence-corrected chi connectivity index (χ2v) is 5.10. The number of aliphatic carboxylic acids is 1. The molecule has 0 aliphatic rings. The molecule has 1 heterocycles. The summed E-state index contributed by atoms with van der Waals surface area (Å²) in [7, 11) is -0.137. The van der Waals surface area contributed by atoms with E-state index < -0.39 is 15.3 Å². The van der Waals surface area contributed by atoms with Gasteiger partial charge >= 0.3 is 15.3 Å². The van der Waals surface area contributed by atoms with Crippen molar-refractivity contribution in [1.82, 2.24) is 5.16 Å². The molecule has 0 bridgehead atoms. The molecule has 98 valence electrons. The molecule has 0 aliphatic heterocycles. The van der Waals surface area contributed by atoms with Gasteiger partial charge in [0.15, 0.2) is 5.58 Å². The molecule has 2 aromatic rings. The summed E-state index contributed by atoms with van der Waals surface area (Å²) < 4.78 is 30.1. The average Bonchev–Trinajstić information content (AvgIpc) is 2.59. The zero-order chi connectivity index (χ0) is 13.8. The van der Waals surface area contributed by atoms with Gasteiger partial charge in [-0.05, 0) is 12.1 Å². The number of benzene rings is 1. The number of fused-ring (bicyclic) bond motifs is 1. The van der Waals surface area contributed by atoms with Crippen LogP contribution in [0.15, 0.2) is 28.8 Å². The standard InChI is InChI=1S/C9H7NO3.ClHO3S/c11-9(12)5-7-6-3-1-2-4-8(6)13-10-7;1-5(2,3)4/h1-4H,5H2,(H,11,12);(H,2,3,4). The van der Waals surface area contributed by atoms with E-state index in [1.54, 1.807) is 12.1 Å². The lowest BCUT2D eigenvalue weighted by Crippen LogP contribution is -2.00. The Morgan fingerprint density at radius 2 is 1.94 bits per heavy atom. The van der Waals surface area contributed by atoms with E-state index in [0.717, 1.165) is 5.39 Å². The van der Waals surface area contributed by atoms with Crippen LogP contribution < -0.4 is 0 Å². The van der Waals surface area contributed by atoms with Gasteiger partial charge in [-0.1, -0.05) is 17.3 Å². The van der Waals surface area contributed by atoms with Gasteiger partial charge in [0.2, 0.25) is 0 Å². The smallest absolute Gasteiger partial charge is 0.353 e. The van der Waals surface area contributed by atoms with Crippen molar-refractivity contribution in [3.8, 4) is 0 Å². The minimum atomic E-state index is -4.19. The highest BCUT2D eigenvalue weighted by atomic mass is 35.7. The van der Waals surface area contributed by atoms with E-state index in [2.05, 4.69) is 15.8 Å². The Bertz CT molecular complexity index is 642. The third-order valence-electron chi connectivity index (χ3n) is 1.77. The van der Waals surface area contributed by atoms with Gasteiger partial charge in [0.1, 0.15) is 5.69 Å². The lowest BCUT2D eigenvalue weighted by atomic mass is 10.2. The maximum Gasteiger partial charge on any atom is 0.353 e. The molecule has 0 atom stereocenters. The number of aromatic nitrogens is 1. The van der Waals surface area contributed by atoms with Gasteiger partial charge in [0.05, 0.1) is 6.42 Å². The molecule has 9 heteroatoms. The van der Waals surface area contributed by atoms with E-state index in [4.69, 9.17) is 22.6 Å². The number of carboxylic acids is 1. The zero-order valence-corrected chi connectivity index (χ0v) is 10.3. The summed E-state index contributed by atoms with van der Waals surface area (Å²) in [5.41, 5.74) is 1.10. The molecule has 0 unspecified atom stereocenters. The molecule has 0 amide bonds. The van der Waals surface area contributed by atoms with Crippen molar-refractivity contribution in [3.63, 3.8) is 0 Å². The molecule has 1 aromatic carbocycles. The molecule has 0 spiro atoms. The van der Waals surface area contributed by atoms with Gasteiger partial charge in [-0.2, -0.15) is 8.42 Å². The highest BCUT2D eigenvalue weighted by molar-refractivity contribution is 8.09. The number of rotatable bonds is 2. The van der Waals surface area contributed by atoms with Gasteiger partial charge in [-0.15, -0.1) is 0 Å². The van der Waals surface area contributed by atoms with Crippen LogP contribution in [0.25, 0.3) is 11.0 Å². The summed E-state index contributed by atoms with van der Waals surface area (Å²) in [6.07, 6.45) is -0.100. The van der Waals surface area contributed by atoms with Crippen LogP contribution in [0.2, 0.25) is 0 Å². The number of nitrogens with zero attached hydrogens (tertiary/aromatic N) is 1. The van der Waals surface area contributed by atoms with Crippen LogP contribution in [-0.2, 0) is 20.5 Å². The topological polar surface area (TPSA) is 118 Å². The van der Waals surface area contributed by atoms with Gasteiger partial charge in [0.25, 0.3) is 0 Å². The van der Waals surface area contributed by atoms with Crippen LogP contribution in [0.3, 0.4) is 0 Å². The van der Waals surface area contributed by atoms with Crippen molar-refractivity contribution in [2.45, 2.75) is 6.42 Å². The minimum absolute atomic E-state index is 0.100. The van der Waals surface area contributed by atoms with E-state index >= 15 is 0 Å². The summed E-state index contributed by atoms with van der Waals surface area (Å²) >= 11 is 0. The van der Waals surface area contributed by atoms with Crippen molar-refractivity contribution in [3.05, 3.63) is 30.0 Å². The van der Waals surface area contributed by atoms with Gasteiger partial charge in [-0.3, -0.25) is 9.35 Å². The first-order valence-electron chi connectivity index (χ1n) is 4.49. The normalized spacial score (nSPS) is 10.8. The molecule has 2 rings (SSSR count). The molecule has 1 aromatic heterocycles. The summed E-state index contributed by atoms with van der Waals surface area (Å²) in [6, 6.07) is 7.20.